The Morgan fingerprint density at radius 2 is 1.79 bits per heavy atom. The van der Waals surface area contributed by atoms with Crippen LogP contribution in [0.25, 0.3) is 0 Å². The van der Waals surface area contributed by atoms with Crippen LogP contribution in [0.5, 0.6) is 5.75 Å². The van der Waals surface area contributed by atoms with E-state index < -0.39 is 36.2 Å². The largest absolute Gasteiger partial charge is 0.573 e. The van der Waals surface area contributed by atoms with E-state index in [0.29, 0.717) is 19.2 Å². The number of benzene rings is 1. The SMILES string of the molecule is O=C(O)C(F)(F)F.O=C(OCc1cc(F)cc(OC(F)(F)F)c1)N1CCC2(CCCNC2)C1. The summed E-state index contributed by atoms with van der Waals surface area (Å²) in [6.07, 6.45) is -7.55. The summed E-state index contributed by atoms with van der Waals surface area (Å²) in [6.45, 7) is 2.68. The lowest BCUT2D eigenvalue weighted by Crippen LogP contribution is -2.42. The number of hydrogen-bond acceptors (Lipinski definition) is 5. The number of hydrogen-bond donors (Lipinski definition) is 2. The van der Waals surface area contributed by atoms with Crippen LogP contribution >= 0.6 is 0 Å². The summed E-state index contributed by atoms with van der Waals surface area (Å²) >= 11 is 0. The molecule has 1 atom stereocenters. The number of carboxylic acid groups (broad SMARTS) is 1. The first-order valence-corrected chi connectivity index (χ1v) is 9.67. The van der Waals surface area contributed by atoms with Gasteiger partial charge >= 0.3 is 24.6 Å². The van der Waals surface area contributed by atoms with Crippen molar-refractivity contribution in [3.63, 3.8) is 0 Å². The van der Waals surface area contributed by atoms with E-state index in [1.165, 1.54) is 0 Å². The van der Waals surface area contributed by atoms with Gasteiger partial charge in [-0.3, -0.25) is 0 Å². The molecule has 186 valence electrons. The summed E-state index contributed by atoms with van der Waals surface area (Å²) in [5.41, 5.74) is 0.162. The third-order valence-electron chi connectivity index (χ3n) is 5.03. The summed E-state index contributed by atoms with van der Waals surface area (Å²) < 4.78 is 90.8. The molecule has 2 saturated heterocycles. The summed E-state index contributed by atoms with van der Waals surface area (Å²) in [5, 5.41) is 10.5. The van der Waals surface area contributed by atoms with Crippen LogP contribution in [0, 0.1) is 11.2 Å². The number of alkyl halides is 6. The van der Waals surface area contributed by atoms with Crippen LogP contribution in [0.3, 0.4) is 0 Å². The minimum Gasteiger partial charge on any atom is -0.475 e. The number of rotatable bonds is 3. The molecule has 14 heteroatoms. The maximum atomic E-state index is 13.5. The van der Waals surface area contributed by atoms with Gasteiger partial charge < -0.3 is 24.8 Å². The van der Waals surface area contributed by atoms with Crippen molar-refractivity contribution in [2.75, 3.05) is 26.2 Å². The molecule has 2 N–H and O–H groups in total. The van der Waals surface area contributed by atoms with Gasteiger partial charge in [-0.05, 0) is 43.5 Å². The Bertz CT molecular complexity index is 839. The number of aliphatic carboxylic acids is 1. The highest BCUT2D eigenvalue weighted by Crippen LogP contribution is 2.36. The lowest BCUT2D eigenvalue weighted by Gasteiger charge is -2.33. The van der Waals surface area contributed by atoms with Crippen molar-refractivity contribution < 1.29 is 54.9 Å². The van der Waals surface area contributed by atoms with Crippen LogP contribution < -0.4 is 10.1 Å². The molecule has 1 aromatic carbocycles. The molecule has 2 heterocycles. The van der Waals surface area contributed by atoms with E-state index >= 15 is 0 Å². The van der Waals surface area contributed by atoms with E-state index in [1.807, 2.05) is 0 Å². The molecule has 0 aromatic heterocycles. The maximum absolute atomic E-state index is 13.5. The van der Waals surface area contributed by atoms with Crippen LogP contribution in [-0.4, -0.2) is 60.8 Å². The Balaban J connectivity index is 0.000000479. The third kappa shape index (κ3) is 8.59. The molecule has 1 unspecified atom stereocenters. The van der Waals surface area contributed by atoms with Gasteiger partial charge in [0.1, 0.15) is 18.2 Å². The molecule has 2 fully saturated rings. The van der Waals surface area contributed by atoms with Crippen LogP contribution in [0.1, 0.15) is 24.8 Å². The van der Waals surface area contributed by atoms with Gasteiger partial charge in [-0.2, -0.15) is 13.2 Å². The number of likely N-dealkylation sites (tertiary alicyclic amines) is 1. The van der Waals surface area contributed by atoms with Gasteiger partial charge in [0, 0.05) is 31.1 Å². The van der Waals surface area contributed by atoms with Gasteiger partial charge in [0.05, 0.1) is 0 Å². The first-order valence-electron chi connectivity index (χ1n) is 9.67. The van der Waals surface area contributed by atoms with Crippen molar-refractivity contribution in [1.82, 2.24) is 10.2 Å². The topological polar surface area (TPSA) is 88.1 Å². The number of halogens is 7. The fourth-order valence-electron chi connectivity index (χ4n) is 3.60. The van der Waals surface area contributed by atoms with Crippen molar-refractivity contribution >= 4 is 12.1 Å². The van der Waals surface area contributed by atoms with Crippen molar-refractivity contribution in [2.45, 2.75) is 38.4 Å². The van der Waals surface area contributed by atoms with Gasteiger partial charge in [0.2, 0.25) is 0 Å². The quantitative estimate of drug-likeness (QED) is 0.622. The number of carboxylic acids is 1. The number of ether oxygens (including phenoxy) is 2. The second-order valence-corrected chi connectivity index (χ2v) is 7.65. The van der Waals surface area contributed by atoms with E-state index in [9.17, 15) is 35.5 Å². The molecule has 0 radical (unpaired) electrons. The van der Waals surface area contributed by atoms with Gasteiger partial charge in [-0.25, -0.2) is 14.0 Å². The van der Waals surface area contributed by atoms with Crippen molar-refractivity contribution in [1.29, 1.82) is 0 Å². The molecule has 1 spiro atoms. The van der Waals surface area contributed by atoms with Crippen LogP contribution in [0.4, 0.5) is 35.5 Å². The number of amides is 1. The fourth-order valence-corrected chi connectivity index (χ4v) is 3.60. The summed E-state index contributed by atoms with van der Waals surface area (Å²) in [6, 6.07) is 2.63. The van der Waals surface area contributed by atoms with Gasteiger partial charge in [0.25, 0.3) is 0 Å². The number of nitrogens with zero attached hydrogens (tertiary/aromatic N) is 1. The minimum atomic E-state index is -5.08. The maximum Gasteiger partial charge on any atom is 0.573 e. The Hall–Kier alpha value is -2.77. The molecular formula is C19H21F7N2O5. The summed E-state index contributed by atoms with van der Waals surface area (Å²) in [7, 11) is 0. The second kappa shape index (κ2) is 10.4. The zero-order chi connectivity index (χ0) is 24.9. The van der Waals surface area contributed by atoms with Crippen molar-refractivity contribution in [2.24, 2.45) is 5.41 Å². The molecular weight excluding hydrogens is 469 g/mol. The number of carbonyl (C=O) groups is 2. The van der Waals surface area contributed by atoms with Gasteiger partial charge in [-0.1, -0.05) is 0 Å². The van der Waals surface area contributed by atoms with Crippen LogP contribution in [-0.2, 0) is 16.1 Å². The molecule has 33 heavy (non-hydrogen) atoms. The smallest absolute Gasteiger partial charge is 0.475 e. The fraction of sp³-hybridized carbons (Fsp3) is 0.579. The molecule has 0 aliphatic carbocycles. The lowest BCUT2D eigenvalue weighted by molar-refractivity contribution is -0.274. The molecule has 0 bridgehead atoms. The molecule has 2 aliphatic rings. The van der Waals surface area contributed by atoms with Crippen LogP contribution in [0.2, 0.25) is 0 Å². The van der Waals surface area contributed by atoms with E-state index in [4.69, 9.17) is 14.6 Å². The van der Waals surface area contributed by atoms with Crippen molar-refractivity contribution in [3.8, 4) is 5.75 Å². The average molecular weight is 490 g/mol. The van der Waals surface area contributed by atoms with Crippen LogP contribution in [0.15, 0.2) is 18.2 Å². The predicted molar refractivity (Wildman–Crippen MR) is 97.7 cm³/mol. The standard InChI is InChI=1S/C17H20F4N2O3.C2HF3O2/c18-13-6-12(7-14(8-13)26-17(19,20)21)9-25-15(24)23-5-3-16(11-23)2-1-4-22-10-16;3-2(4,5)1(6)7/h6-8,22H,1-5,9-11H2;(H,6,7). The van der Waals surface area contributed by atoms with Crippen molar-refractivity contribution in [3.05, 3.63) is 29.6 Å². The average Bonchev–Trinajstić information content (AvgIpc) is 3.08. The molecule has 1 amide bonds. The Kier molecular flexibility index (Phi) is 8.38. The second-order valence-electron chi connectivity index (χ2n) is 7.65. The normalized spacial score (nSPS) is 20.8. The van der Waals surface area contributed by atoms with Gasteiger partial charge in [0.15, 0.2) is 0 Å². The highest BCUT2D eigenvalue weighted by Gasteiger charge is 2.41. The molecule has 0 saturated carbocycles. The number of nitrogens with one attached hydrogen (secondary N) is 1. The van der Waals surface area contributed by atoms with Gasteiger partial charge in [-0.15, -0.1) is 13.2 Å². The molecule has 1 aromatic rings. The zero-order valence-electron chi connectivity index (χ0n) is 17.1. The van der Waals surface area contributed by atoms with E-state index in [0.717, 1.165) is 44.5 Å². The molecule has 3 rings (SSSR count). The Morgan fingerprint density at radius 3 is 2.33 bits per heavy atom. The highest BCUT2D eigenvalue weighted by molar-refractivity contribution is 5.73. The zero-order valence-corrected chi connectivity index (χ0v) is 17.1. The molecule has 7 nitrogen and oxygen atoms in total. The first kappa shape index (κ1) is 26.5. The highest BCUT2D eigenvalue weighted by atomic mass is 19.4. The third-order valence-corrected chi connectivity index (χ3v) is 5.03. The van der Waals surface area contributed by atoms with E-state index in [-0.39, 0.29) is 17.6 Å². The lowest BCUT2D eigenvalue weighted by atomic mass is 9.80. The minimum absolute atomic E-state index is 0.0733. The summed E-state index contributed by atoms with van der Waals surface area (Å²) in [4.78, 5) is 22.7. The molecule has 2 aliphatic heterocycles. The van der Waals surface area contributed by atoms with E-state index in [1.54, 1.807) is 4.90 Å². The Labute approximate surface area is 183 Å². The monoisotopic (exact) mass is 490 g/mol. The predicted octanol–water partition coefficient (Wildman–Crippen LogP) is 4.07. The number of carbonyl (C=O) groups excluding carboxylic acids is 1. The van der Waals surface area contributed by atoms with E-state index in [2.05, 4.69) is 10.1 Å². The Morgan fingerprint density at radius 1 is 1.12 bits per heavy atom. The first-order chi connectivity index (χ1) is 15.2. The summed E-state index contributed by atoms with van der Waals surface area (Å²) in [5.74, 6) is -4.34. The number of piperidine rings is 1.